The van der Waals surface area contributed by atoms with E-state index in [1.165, 1.54) is 17.5 Å². The molecule has 0 unspecified atom stereocenters. The van der Waals surface area contributed by atoms with Gasteiger partial charge in [-0.25, -0.2) is 0 Å². The van der Waals surface area contributed by atoms with E-state index in [2.05, 4.69) is 36.6 Å². The fourth-order valence-corrected chi connectivity index (χ4v) is 7.54. The van der Waals surface area contributed by atoms with E-state index in [1.807, 2.05) is 61.5 Å². The summed E-state index contributed by atoms with van der Waals surface area (Å²) in [6, 6.07) is 17.1. The van der Waals surface area contributed by atoms with Crippen LogP contribution in [-0.2, 0) is 25.5 Å². The van der Waals surface area contributed by atoms with E-state index >= 15 is 0 Å². The van der Waals surface area contributed by atoms with E-state index < -0.39 is 29.6 Å². The number of hydrogen-bond acceptors (Lipinski definition) is 4. The van der Waals surface area contributed by atoms with Crippen molar-refractivity contribution in [1.82, 2.24) is 10.2 Å². The van der Waals surface area contributed by atoms with E-state index in [-0.39, 0.29) is 29.8 Å². The van der Waals surface area contributed by atoms with Gasteiger partial charge in [0.25, 0.3) is 0 Å². The molecule has 1 aliphatic carbocycles. The van der Waals surface area contributed by atoms with Crippen molar-refractivity contribution >= 4 is 23.4 Å². The van der Waals surface area contributed by atoms with Crippen molar-refractivity contribution < 1.29 is 19.1 Å². The Morgan fingerprint density at radius 2 is 1.69 bits per heavy atom. The van der Waals surface area contributed by atoms with Crippen molar-refractivity contribution in [2.75, 3.05) is 5.32 Å². The molecule has 0 aromatic heterocycles. The Bertz CT molecular complexity index is 1330. The van der Waals surface area contributed by atoms with Crippen LogP contribution in [-0.4, -0.2) is 52.5 Å². The Labute approximate surface area is 249 Å². The molecule has 2 aromatic rings. The molecule has 0 radical (unpaired) electrons. The first kappa shape index (κ1) is 28.7. The molecule has 3 amide bonds. The zero-order valence-corrected chi connectivity index (χ0v) is 24.9. The molecule has 3 aliphatic heterocycles. The van der Waals surface area contributed by atoms with E-state index in [0.717, 1.165) is 32.1 Å². The van der Waals surface area contributed by atoms with Gasteiger partial charge in [-0.2, -0.15) is 0 Å². The zero-order valence-electron chi connectivity index (χ0n) is 24.9. The van der Waals surface area contributed by atoms with Crippen LogP contribution in [0.1, 0.15) is 76.3 Å². The lowest BCUT2D eigenvalue weighted by atomic mass is 9.74. The number of anilines is 1. The number of carbonyl (C=O) groups is 3. The lowest BCUT2D eigenvalue weighted by molar-refractivity contribution is -0.143. The number of nitrogens with zero attached hydrogens (tertiary/aromatic N) is 1. The molecule has 3 fully saturated rings. The molecular formula is C35H43N3O4. The van der Waals surface area contributed by atoms with E-state index in [4.69, 9.17) is 4.74 Å². The zero-order chi connectivity index (χ0) is 29.4. The number of nitrogens with one attached hydrogen (secondary N) is 2. The Balaban J connectivity index is 1.27. The van der Waals surface area contributed by atoms with Gasteiger partial charge in [0.1, 0.15) is 11.6 Å². The minimum absolute atomic E-state index is 0.105. The summed E-state index contributed by atoms with van der Waals surface area (Å²) in [4.78, 5) is 44.0. The third-order valence-electron chi connectivity index (χ3n) is 9.83. The van der Waals surface area contributed by atoms with Crippen LogP contribution in [0.25, 0.3) is 0 Å². The fraction of sp³-hybridized carbons (Fsp3) is 0.514. The summed E-state index contributed by atoms with van der Waals surface area (Å²) < 4.78 is 6.55. The topological polar surface area (TPSA) is 87.7 Å². The number of carbonyl (C=O) groups excluding carboxylic acids is 3. The van der Waals surface area contributed by atoms with Gasteiger partial charge >= 0.3 is 0 Å². The van der Waals surface area contributed by atoms with Crippen LogP contribution in [0.2, 0.25) is 0 Å². The van der Waals surface area contributed by atoms with Crippen LogP contribution in [0, 0.1) is 11.8 Å². The van der Waals surface area contributed by atoms with Gasteiger partial charge in [-0.15, -0.1) is 0 Å². The van der Waals surface area contributed by atoms with Gasteiger partial charge in [-0.3, -0.25) is 14.4 Å². The van der Waals surface area contributed by atoms with Crippen LogP contribution in [0.4, 0.5) is 5.69 Å². The number of aryl methyl sites for hydroxylation is 1. The van der Waals surface area contributed by atoms with Gasteiger partial charge in [0.2, 0.25) is 17.7 Å². The van der Waals surface area contributed by atoms with Crippen molar-refractivity contribution in [2.45, 2.75) is 101 Å². The summed E-state index contributed by atoms with van der Waals surface area (Å²) in [7, 11) is 0. The maximum atomic E-state index is 14.4. The second kappa shape index (κ2) is 11.7. The minimum atomic E-state index is -1.15. The molecule has 2 saturated heterocycles. The largest absolute Gasteiger partial charge is 0.359 e. The SMILES string of the molecule is CC(C)c1ccc(NC(=O)[C@H]2[C@H]3C=C[C@]4(O3)[C@H](C(=O)NC3CCCCC3)N([C@@H](C)CCc3ccccc3)C(=O)[C@@H]24)cc1. The van der Waals surface area contributed by atoms with Gasteiger partial charge in [-0.05, 0) is 61.8 Å². The van der Waals surface area contributed by atoms with Crippen LogP contribution < -0.4 is 10.6 Å². The van der Waals surface area contributed by atoms with Gasteiger partial charge < -0.3 is 20.3 Å². The van der Waals surface area contributed by atoms with Crippen LogP contribution in [0.3, 0.4) is 0 Å². The molecular weight excluding hydrogens is 526 g/mol. The molecule has 3 heterocycles. The monoisotopic (exact) mass is 569 g/mol. The molecule has 222 valence electrons. The first-order chi connectivity index (χ1) is 20.3. The molecule has 1 spiro atoms. The highest BCUT2D eigenvalue weighted by Gasteiger charge is 2.73. The van der Waals surface area contributed by atoms with Gasteiger partial charge in [0, 0.05) is 17.8 Å². The van der Waals surface area contributed by atoms with Crippen molar-refractivity contribution in [3.63, 3.8) is 0 Å². The third-order valence-corrected chi connectivity index (χ3v) is 9.83. The quantitative estimate of drug-likeness (QED) is 0.398. The maximum Gasteiger partial charge on any atom is 0.246 e. The molecule has 6 rings (SSSR count). The highest BCUT2D eigenvalue weighted by molar-refractivity contribution is 6.03. The lowest BCUT2D eigenvalue weighted by Crippen LogP contribution is -2.58. The number of rotatable bonds is 9. The Morgan fingerprint density at radius 1 is 0.976 bits per heavy atom. The Hall–Kier alpha value is -3.45. The van der Waals surface area contributed by atoms with E-state index in [0.29, 0.717) is 18.0 Å². The van der Waals surface area contributed by atoms with Crippen LogP contribution in [0.5, 0.6) is 0 Å². The van der Waals surface area contributed by atoms with Crippen molar-refractivity contribution in [3.8, 4) is 0 Å². The molecule has 1 saturated carbocycles. The summed E-state index contributed by atoms with van der Waals surface area (Å²) in [6.07, 6.45) is 10.0. The molecule has 2 aromatic carbocycles. The Morgan fingerprint density at radius 3 is 2.38 bits per heavy atom. The van der Waals surface area contributed by atoms with Crippen molar-refractivity contribution in [1.29, 1.82) is 0 Å². The van der Waals surface area contributed by atoms with Crippen LogP contribution >= 0.6 is 0 Å². The maximum absolute atomic E-state index is 14.4. The second-order valence-electron chi connectivity index (χ2n) is 12.9. The normalized spacial score (nSPS) is 29.1. The second-order valence-corrected chi connectivity index (χ2v) is 12.9. The molecule has 2 N–H and O–H groups in total. The summed E-state index contributed by atoms with van der Waals surface area (Å²) in [5, 5.41) is 6.32. The van der Waals surface area contributed by atoms with Crippen molar-refractivity contribution in [3.05, 3.63) is 77.9 Å². The molecule has 7 nitrogen and oxygen atoms in total. The number of hydrogen-bond donors (Lipinski definition) is 2. The highest BCUT2D eigenvalue weighted by Crippen LogP contribution is 2.56. The highest BCUT2D eigenvalue weighted by atomic mass is 16.5. The molecule has 2 bridgehead atoms. The fourth-order valence-electron chi connectivity index (χ4n) is 7.54. The average molecular weight is 570 g/mol. The standard InChI is InChI=1S/C35H43N3O4/c1-22(2)25-16-18-27(19-17-25)36-32(39)29-28-20-21-35(42-28)30(29)34(41)38(23(3)14-15-24-10-6-4-7-11-24)31(35)33(40)37-26-12-8-5-9-13-26/h4,6-7,10-11,16-23,26,28-31H,5,8-9,12-15H2,1-3H3,(H,36,39)(H,37,40)/t23-,28+,29-,30+,31-,35+/m0/s1. The molecule has 4 aliphatic rings. The summed E-state index contributed by atoms with van der Waals surface area (Å²) in [5.41, 5.74) is 1.92. The van der Waals surface area contributed by atoms with Gasteiger partial charge in [0.05, 0.1) is 17.9 Å². The number of amides is 3. The number of ether oxygens (including phenoxy) is 1. The summed E-state index contributed by atoms with van der Waals surface area (Å²) in [5.74, 6) is -1.64. The predicted molar refractivity (Wildman–Crippen MR) is 163 cm³/mol. The summed E-state index contributed by atoms with van der Waals surface area (Å²) >= 11 is 0. The molecule has 7 heteroatoms. The number of fused-ring (bicyclic) bond motifs is 1. The first-order valence-corrected chi connectivity index (χ1v) is 15.7. The Kier molecular flexibility index (Phi) is 7.97. The van der Waals surface area contributed by atoms with Gasteiger partial charge in [0.15, 0.2) is 0 Å². The van der Waals surface area contributed by atoms with E-state index in [1.54, 1.807) is 4.90 Å². The molecule has 42 heavy (non-hydrogen) atoms. The van der Waals surface area contributed by atoms with E-state index in [9.17, 15) is 14.4 Å². The number of likely N-dealkylation sites (tertiary alicyclic amines) is 1. The number of benzene rings is 2. The lowest BCUT2D eigenvalue weighted by Gasteiger charge is -2.36. The van der Waals surface area contributed by atoms with Crippen molar-refractivity contribution in [2.24, 2.45) is 11.8 Å². The van der Waals surface area contributed by atoms with Crippen LogP contribution in [0.15, 0.2) is 66.7 Å². The third kappa shape index (κ3) is 5.17. The predicted octanol–water partition coefficient (Wildman–Crippen LogP) is 5.37. The summed E-state index contributed by atoms with van der Waals surface area (Å²) in [6.45, 7) is 6.27. The smallest absolute Gasteiger partial charge is 0.246 e. The minimum Gasteiger partial charge on any atom is -0.359 e. The molecule has 6 atom stereocenters. The average Bonchev–Trinajstić information content (AvgIpc) is 3.64. The van der Waals surface area contributed by atoms with Gasteiger partial charge in [-0.1, -0.05) is 87.7 Å². The first-order valence-electron chi connectivity index (χ1n) is 15.7.